The Labute approximate surface area is 149 Å². The Hall–Kier alpha value is -1.79. The van der Waals surface area contributed by atoms with Gasteiger partial charge >= 0.3 is 0 Å². The minimum atomic E-state index is -0.0326. The second-order valence-corrected chi connectivity index (χ2v) is 6.83. The van der Waals surface area contributed by atoms with Gasteiger partial charge in [-0.15, -0.1) is 0 Å². The monoisotopic (exact) mass is 348 g/mol. The maximum absolute atomic E-state index is 11.9. The average Bonchev–Trinajstić information content (AvgIpc) is 2.96. The molecule has 2 atom stereocenters. The normalized spacial score (nSPS) is 22.8. The minimum absolute atomic E-state index is 0.0326. The zero-order valence-corrected chi connectivity index (χ0v) is 15.1. The topological polar surface area (TPSA) is 60.0 Å². The number of ether oxygens (including phenoxy) is 3. The van der Waals surface area contributed by atoms with Crippen LogP contribution in [0, 0.1) is 5.92 Å². The highest BCUT2D eigenvalue weighted by Gasteiger charge is 2.33. The number of nitrogens with one attached hydrogen (secondary N) is 1. The first-order valence-corrected chi connectivity index (χ1v) is 9.08. The summed E-state index contributed by atoms with van der Waals surface area (Å²) in [5.41, 5.74) is 1.21. The Balaban J connectivity index is 1.61. The lowest BCUT2D eigenvalue weighted by Crippen LogP contribution is -2.42. The second-order valence-electron chi connectivity index (χ2n) is 6.83. The molecule has 2 aliphatic heterocycles. The van der Waals surface area contributed by atoms with Gasteiger partial charge in [0.1, 0.15) is 19.8 Å². The molecular formula is C19H28N2O4. The standard InChI is InChI=1S/C19H28N2O4/c1-3-4-15-11-21(12-16(15)20-19(22)13-23-2)10-14-5-6-17-18(9-14)25-8-7-24-17/h5-6,9,15-16H,3-4,7-8,10-13H2,1-2H3,(H,20,22)/t15-,16-/m0/s1. The van der Waals surface area contributed by atoms with E-state index in [-0.39, 0.29) is 18.6 Å². The molecule has 138 valence electrons. The summed E-state index contributed by atoms with van der Waals surface area (Å²) in [5.74, 6) is 2.11. The fourth-order valence-electron chi connectivity index (χ4n) is 3.74. The van der Waals surface area contributed by atoms with Gasteiger partial charge in [0, 0.05) is 32.8 Å². The molecule has 1 fully saturated rings. The zero-order chi connectivity index (χ0) is 17.6. The molecule has 0 unspecified atom stereocenters. The van der Waals surface area contributed by atoms with E-state index in [0.29, 0.717) is 19.1 Å². The van der Waals surface area contributed by atoms with E-state index in [1.807, 2.05) is 6.07 Å². The van der Waals surface area contributed by atoms with Crippen molar-refractivity contribution >= 4 is 5.91 Å². The number of carbonyl (C=O) groups excluding carboxylic acids is 1. The lowest BCUT2D eigenvalue weighted by Gasteiger charge is -2.21. The van der Waals surface area contributed by atoms with Gasteiger partial charge in [0.05, 0.1) is 0 Å². The number of hydrogen-bond donors (Lipinski definition) is 1. The van der Waals surface area contributed by atoms with Crippen LogP contribution in [-0.4, -0.2) is 56.9 Å². The number of rotatable bonds is 7. The molecule has 6 heteroatoms. The third kappa shape index (κ3) is 4.64. The summed E-state index contributed by atoms with van der Waals surface area (Å²) < 4.78 is 16.2. The Morgan fingerprint density at radius 2 is 2.08 bits per heavy atom. The molecule has 1 amide bonds. The van der Waals surface area contributed by atoms with Gasteiger partial charge in [-0.3, -0.25) is 9.69 Å². The van der Waals surface area contributed by atoms with E-state index in [1.165, 1.54) is 5.56 Å². The van der Waals surface area contributed by atoms with Crippen molar-refractivity contribution in [2.45, 2.75) is 32.4 Å². The SMILES string of the molecule is CCC[C@H]1CN(Cc2ccc3c(c2)OCCO3)C[C@@H]1NC(=O)COC. The number of benzene rings is 1. The van der Waals surface area contributed by atoms with Gasteiger partial charge in [-0.05, 0) is 30.0 Å². The van der Waals surface area contributed by atoms with Gasteiger partial charge in [0.25, 0.3) is 0 Å². The van der Waals surface area contributed by atoms with Gasteiger partial charge in [-0.1, -0.05) is 19.4 Å². The Bertz CT molecular complexity index is 593. The van der Waals surface area contributed by atoms with Crippen LogP contribution in [0.1, 0.15) is 25.3 Å². The lowest BCUT2D eigenvalue weighted by atomic mass is 9.98. The molecular weight excluding hydrogens is 320 g/mol. The number of hydrogen-bond acceptors (Lipinski definition) is 5. The molecule has 0 aliphatic carbocycles. The number of carbonyl (C=O) groups is 1. The smallest absolute Gasteiger partial charge is 0.246 e. The van der Waals surface area contributed by atoms with Crippen LogP contribution in [0.25, 0.3) is 0 Å². The fraction of sp³-hybridized carbons (Fsp3) is 0.632. The molecule has 2 heterocycles. The molecule has 1 aromatic rings. The fourth-order valence-corrected chi connectivity index (χ4v) is 3.74. The number of fused-ring (bicyclic) bond motifs is 1. The molecule has 6 nitrogen and oxygen atoms in total. The van der Waals surface area contributed by atoms with Gasteiger partial charge < -0.3 is 19.5 Å². The van der Waals surface area contributed by atoms with E-state index in [2.05, 4.69) is 29.3 Å². The van der Waals surface area contributed by atoms with Crippen molar-refractivity contribution in [3.05, 3.63) is 23.8 Å². The maximum Gasteiger partial charge on any atom is 0.246 e. The lowest BCUT2D eigenvalue weighted by molar-refractivity contribution is -0.125. The minimum Gasteiger partial charge on any atom is -0.486 e. The van der Waals surface area contributed by atoms with Crippen molar-refractivity contribution in [1.29, 1.82) is 0 Å². The summed E-state index contributed by atoms with van der Waals surface area (Å²) in [7, 11) is 1.55. The molecule has 3 rings (SSSR count). The van der Waals surface area contributed by atoms with Crippen LogP contribution in [0.3, 0.4) is 0 Å². The van der Waals surface area contributed by atoms with Gasteiger partial charge in [0.2, 0.25) is 5.91 Å². The predicted octanol–water partition coefficient (Wildman–Crippen LogP) is 1.82. The molecule has 2 aliphatic rings. The molecule has 0 bridgehead atoms. The largest absolute Gasteiger partial charge is 0.486 e. The highest BCUT2D eigenvalue weighted by Crippen LogP contribution is 2.32. The van der Waals surface area contributed by atoms with E-state index < -0.39 is 0 Å². The van der Waals surface area contributed by atoms with E-state index in [9.17, 15) is 4.79 Å². The first kappa shape index (κ1) is 18.0. The Morgan fingerprint density at radius 3 is 2.84 bits per heavy atom. The summed E-state index contributed by atoms with van der Waals surface area (Å²) >= 11 is 0. The van der Waals surface area contributed by atoms with Crippen molar-refractivity contribution in [3.8, 4) is 11.5 Å². The van der Waals surface area contributed by atoms with Crippen molar-refractivity contribution in [1.82, 2.24) is 10.2 Å². The van der Waals surface area contributed by atoms with Crippen LogP contribution in [0.5, 0.6) is 11.5 Å². The first-order valence-electron chi connectivity index (χ1n) is 9.08. The van der Waals surface area contributed by atoms with Crippen LogP contribution in [0.4, 0.5) is 0 Å². The summed E-state index contributed by atoms with van der Waals surface area (Å²) in [4.78, 5) is 14.3. The number of amides is 1. The maximum atomic E-state index is 11.9. The van der Waals surface area contributed by atoms with Crippen LogP contribution < -0.4 is 14.8 Å². The third-order valence-electron chi connectivity index (χ3n) is 4.81. The molecule has 0 saturated carbocycles. The number of nitrogens with zero attached hydrogens (tertiary/aromatic N) is 1. The van der Waals surface area contributed by atoms with Crippen LogP contribution in [0.2, 0.25) is 0 Å². The van der Waals surface area contributed by atoms with Crippen LogP contribution >= 0.6 is 0 Å². The summed E-state index contributed by atoms with van der Waals surface area (Å²) in [6, 6.07) is 6.35. The quantitative estimate of drug-likeness (QED) is 0.814. The van der Waals surface area contributed by atoms with Gasteiger partial charge in [-0.25, -0.2) is 0 Å². The van der Waals surface area contributed by atoms with E-state index >= 15 is 0 Å². The molecule has 1 saturated heterocycles. The second kappa shape index (κ2) is 8.54. The first-order chi connectivity index (χ1) is 12.2. The van der Waals surface area contributed by atoms with Crippen molar-refractivity contribution in [2.75, 3.05) is 40.0 Å². The summed E-state index contributed by atoms with van der Waals surface area (Å²) in [5, 5.41) is 3.13. The molecule has 0 spiro atoms. The van der Waals surface area contributed by atoms with E-state index in [1.54, 1.807) is 7.11 Å². The van der Waals surface area contributed by atoms with E-state index in [0.717, 1.165) is 44.0 Å². The van der Waals surface area contributed by atoms with Gasteiger partial charge in [0.15, 0.2) is 11.5 Å². The number of likely N-dealkylation sites (tertiary alicyclic amines) is 1. The number of methoxy groups -OCH3 is 1. The highest BCUT2D eigenvalue weighted by molar-refractivity contribution is 5.77. The van der Waals surface area contributed by atoms with Crippen molar-refractivity contribution in [3.63, 3.8) is 0 Å². The third-order valence-corrected chi connectivity index (χ3v) is 4.81. The molecule has 1 N–H and O–H groups in total. The Kier molecular flexibility index (Phi) is 6.15. The van der Waals surface area contributed by atoms with Crippen molar-refractivity contribution < 1.29 is 19.0 Å². The van der Waals surface area contributed by atoms with Crippen LogP contribution in [0.15, 0.2) is 18.2 Å². The molecule has 25 heavy (non-hydrogen) atoms. The zero-order valence-electron chi connectivity index (χ0n) is 15.1. The predicted molar refractivity (Wildman–Crippen MR) is 94.9 cm³/mol. The average molecular weight is 348 g/mol. The summed E-state index contributed by atoms with van der Waals surface area (Å²) in [6.07, 6.45) is 2.24. The van der Waals surface area contributed by atoms with E-state index in [4.69, 9.17) is 14.2 Å². The van der Waals surface area contributed by atoms with Gasteiger partial charge in [-0.2, -0.15) is 0 Å². The summed E-state index contributed by atoms with van der Waals surface area (Å²) in [6.45, 7) is 6.25. The Morgan fingerprint density at radius 1 is 1.28 bits per heavy atom. The molecule has 0 radical (unpaired) electrons. The molecule has 0 aromatic heterocycles. The van der Waals surface area contributed by atoms with Crippen molar-refractivity contribution in [2.24, 2.45) is 5.92 Å². The van der Waals surface area contributed by atoms with Crippen LogP contribution in [-0.2, 0) is 16.1 Å². The highest BCUT2D eigenvalue weighted by atomic mass is 16.6. The molecule has 1 aromatic carbocycles.